The number of esters is 1. The van der Waals surface area contributed by atoms with E-state index in [1.807, 2.05) is 12.1 Å². The van der Waals surface area contributed by atoms with Crippen molar-refractivity contribution < 1.29 is 9.53 Å². The first-order valence-corrected chi connectivity index (χ1v) is 6.88. The van der Waals surface area contributed by atoms with E-state index in [2.05, 4.69) is 24.4 Å². The molecule has 0 aliphatic heterocycles. The van der Waals surface area contributed by atoms with Gasteiger partial charge >= 0.3 is 5.97 Å². The van der Waals surface area contributed by atoms with Crippen molar-refractivity contribution in [2.45, 2.75) is 13.3 Å². The van der Waals surface area contributed by atoms with E-state index in [1.54, 1.807) is 18.2 Å². The first kappa shape index (κ1) is 14.9. The fourth-order valence-corrected chi connectivity index (χ4v) is 2.26. The molecule has 0 atom stereocenters. The second kappa shape index (κ2) is 6.79. The van der Waals surface area contributed by atoms with Crippen LogP contribution < -0.4 is 11.1 Å². The minimum absolute atomic E-state index is 0.388. The lowest BCUT2D eigenvalue weighted by Crippen LogP contribution is -2.13. The largest absolute Gasteiger partial charge is 0.465 e. The second-order valence-electron chi connectivity index (χ2n) is 4.86. The van der Waals surface area contributed by atoms with Crippen molar-refractivity contribution >= 4 is 17.3 Å². The summed E-state index contributed by atoms with van der Waals surface area (Å²) in [5.74, 6) is -0.388. The number of hydrogen-bond donors (Lipinski definition) is 2. The lowest BCUT2D eigenvalue weighted by atomic mass is 10.1. The molecule has 0 unspecified atom stereocenters. The summed E-state index contributed by atoms with van der Waals surface area (Å²) >= 11 is 0. The lowest BCUT2D eigenvalue weighted by Gasteiger charge is -2.14. The van der Waals surface area contributed by atoms with Crippen LogP contribution in [0, 0.1) is 6.92 Å². The van der Waals surface area contributed by atoms with Gasteiger partial charge in [-0.25, -0.2) is 4.79 Å². The highest BCUT2D eigenvalue weighted by Crippen LogP contribution is 2.24. The third-order valence-corrected chi connectivity index (χ3v) is 3.46. The van der Waals surface area contributed by atoms with Crippen molar-refractivity contribution in [1.82, 2.24) is 0 Å². The number of rotatable bonds is 5. The molecule has 0 saturated heterocycles. The Labute approximate surface area is 124 Å². The van der Waals surface area contributed by atoms with Crippen LogP contribution in [-0.4, -0.2) is 19.6 Å². The van der Waals surface area contributed by atoms with Crippen LogP contribution in [-0.2, 0) is 11.2 Å². The van der Waals surface area contributed by atoms with Crippen molar-refractivity contribution in [2.24, 2.45) is 0 Å². The maximum absolute atomic E-state index is 11.8. The minimum atomic E-state index is -0.388. The van der Waals surface area contributed by atoms with Gasteiger partial charge in [-0.15, -0.1) is 0 Å². The Hall–Kier alpha value is -2.49. The number of methoxy groups -OCH3 is 1. The van der Waals surface area contributed by atoms with E-state index in [-0.39, 0.29) is 5.97 Å². The molecule has 0 saturated carbocycles. The first-order valence-electron chi connectivity index (χ1n) is 6.88. The van der Waals surface area contributed by atoms with E-state index in [4.69, 9.17) is 10.5 Å². The van der Waals surface area contributed by atoms with Gasteiger partial charge in [0.15, 0.2) is 0 Å². The number of para-hydroxylation sites is 1. The number of carbonyl (C=O) groups is 1. The molecule has 2 aromatic rings. The maximum Gasteiger partial charge on any atom is 0.340 e. The summed E-state index contributed by atoms with van der Waals surface area (Å²) in [6.07, 6.45) is 0.863. The summed E-state index contributed by atoms with van der Waals surface area (Å²) in [6.45, 7) is 2.79. The molecule has 3 N–H and O–H groups in total. The van der Waals surface area contributed by atoms with Gasteiger partial charge < -0.3 is 15.8 Å². The molecule has 21 heavy (non-hydrogen) atoms. The van der Waals surface area contributed by atoms with Gasteiger partial charge in [-0.1, -0.05) is 30.3 Å². The van der Waals surface area contributed by atoms with Crippen LogP contribution in [0.15, 0.2) is 42.5 Å². The maximum atomic E-state index is 11.8. The predicted octanol–water partition coefficient (Wildman–Crippen LogP) is 3.02. The number of ether oxygens (including phenoxy) is 1. The quantitative estimate of drug-likeness (QED) is 0.654. The van der Waals surface area contributed by atoms with Gasteiger partial charge in [0.05, 0.1) is 24.0 Å². The average molecular weight is 284 g/mol. The summed E-state index contributed by atoms with van der Waals surface area (Å²) in [5, 5.41) is 3.25. The molecule has 2 aromatic carbocycles. The smallest absolute Gasteiger partial charge is 0.340 e. The first-order chi connectivity index (χ1) is 10.1. The fourth-order valence-electron chi connectivity index (χ4n) is 2.26. The van der Waals surface area contributed by atoms with Crippen LogP contribution in [0.25, 0.3) is 0 Å². The van der Waals surface area contributed by atoms with Crippen molar-refractivity contribution in [3.63, 3.8) is 0 Å². The van der Waals surface area contributed by atoms with Crippen molar-refractivity contribution in [3.05, 3.63) is 59.2 Å². The van der Waals surface area contributed by atoms with Gasteiger partial charge in [0.1, 0.15) is 0 Å². The van der Waals surface area contributed by atoms with E-state index in [0.29, 0.717) is 23.5 Å². The summed E-state index contributed by atoms with van der Waals surface area (Å²) < 4.78 is 4.78. The molecule has 0 aliphatic carbocycles. The molecule has 0 bridgehead atoms. The molecule has 0 fully saturated rings. The van der Waals surface area contributed by atoms with Crippen molar-refractivity contribution in [3.8, 4) is 0 Å². The van der Waals surface area contributed by atoms with Crippen LogP contribution >= 0.6 is 0 Å². The zero-order valence-corrected chi connectivity index (χ0v) is 12.3. The molecule has 0 radical (unpaired) electrons. The molecule has 0 spiro atoms. The Morgan fingerprint density at radius 1 is 1.19 bits per heavy atom. The Bertz CT molecular complexity index is 638. The number of nitrogens with one attached hydrogen (secondary N) is 1. The number of aryl methyl sites for hydroxylation is 1. The number of benzene rings is 2. The summed E-state index contributed by atoms with van der Waals surface area (Å²) in [7, 11) is 1.36. The third kappa shape index (κ3) is 3.54. The predicted molar refractivity (Wildman–Crippen MR) is 85.6 cm³/mol. The molecule has 0 aromatic heterocycles. The number of nitrogens with two attached hydrogens (primary N) is 1. The summed E-state index contributed by atoms with van der Waals surface area (Å²) in [6, 6.07) is 13.5. The Morgan fingerprint density at radius 2 is 1.95 bits per heavy atom. The topological polar surface area (TPSA) is 64.3 Å². The molecule has 2 rings (SSSR count). The Kier molecular flexibility index (Phi) is 4.82. The SMILES string of the molecule is COC(=O)c1cccc(N)c1NCCc1ccccc1C. The number of carbonyl (C=O) groups excluding carboxylic acids is 1. The van der Waals surface area contributed by atoms with Crippen LogP contribution in [0.1, 0.15) is 21.5 Å². The molecule has 0 heterocycles. The van der Waals surface area contributed by atoms with Gasteiger partial charge in [0.2, 0.25) is 0 Å². The highest BCUT2D eigenvalue weighted by molar-refractivity contribution is 5.98. The highest BCUT2D eigenvalue weighted by atomic mass is 16.5. The molecule has 4 heteroatoms. The van der Waals surface area contributed by atoms with Crippen LogP contribution in [0.2, 0.25) is 0 Å². The van der Waals surface area contributed by atoms with Gasteiger partial charge in [-0.3, -0.25) is 0 Å². The molecule has 4 nitrogen and oxygen atoms in total. The minimum Gasteiger partial charge on any atom is -0.465 e. The van der Waals surface area contributed by atoms with E-state index >= 15 is 0 Å². The monoisotopic (exact) mass is 284 g/mol. The highest BCUT2D eigenvalue weighted by Gasteiger charge is 2.13. The zero-order valence-electron chi connectivity index (χ0n) is 12.3. The van der Waals surface area contributed by atoms with Crippen LogP contribution in [0.4, 0.5) is 11.4 Å². The Morgan fingerprint density at radius 3 is 2.67 bits per heavy atom. The molecule has 0 amide bonds. The second-order valence-corrected chi connectivity index (χ2v) is 4.86. The van der Waals surface area contributed by atoms with Gasteiger partial charge in [0, 0.05) is 6.54 Å². The van der Waals surface area contributed by atoms with Crippen LogP contribution in [0.3, 0.4) is 0 Å². The van der Waals surface area contributed by atoms with E-state index < -0.39 is 0 Å². The molecule has 0 aliphatic rings. The molecular weight excluding hydrogens is 264 g/mol. The van der Waals surface area contributed by atoms with Crippen molar-refractivity contribution in [2.75, 3.05) is 24.7 Å². The summed E-state index contributed by atoms with van der Waals surface area (Å²) in [5.41, 5.74) is 10.1. The van der Waals surface area contributed by atoms with E-state index in [9.17, 15) is 4.79 Å². The van der Waals surface area contributed by atoms with Crippen LogP contribution in [0.5, 0.6) is 0 Å². The normalized spacial score (nSPS) is 10.2. The standard InChI is InChI=1S/C17H20N2O2/c1-12-6-3-4-7-13(12)10-11-19-16-14(17(20)21-2)8-5-9-15(16)18/h3-9,19H,10-11,18H2,1-2H3. The fraction of sp³-hybridized carbons (Fsp3) is 0.235. The van der Waals surface area contributed by atoms with Gasteiger partial charge in [-0.2, -0.15) is 0 Å². The number of hydrogen-bond acceptors (Lipinski definition) is 4. The van der Waals surface area contributed by atoms with Crippen molar-refractivity contribution in [1.29, 1.82) is 0 Å². The van der Waals surface area contributed by atoms with E-state index in [1.165, 1.54) is 18.2 Å². The van der Waals surface area contributed by atoms with E-state index in [0.717, 1.165) is 6.42 Å². The molecule has 110 valence electrons. The lowest BCUT2D eigenvalue weighted by molar-refractivity contribution is 0.0602. The zero-order chi connectivity index (χ0) is 15.2. The number of nitrogen functional groups attached to an aromatic ring is 1. The molecular formula is C17H20N2O2. The third-order valence-electron chi connectivity index (χ3n) is 3.46. The average Bonchev–Trinajstić information content (AvgIpc) is 2.50. The summed E-state index contributed by atoms with van der Waals surface area (Å²) in [4.78, 5) is 11.8. The Balaban J connectivity index is 2.10. The van der Waals surface area contributed by atoms with Gasteiger partial charge in [0.25, 0.3) is 0 Å². The van der Waals surface area contributed by atoms with Gasteiger partial charge in [-0.05, 0) is 36.6 Å². The number of anilines is 2.